The van der Waals surface area contributed by atoms with Gasteiger partial charge in [-0.1, -0.05) is 18.2 Å². The van der Waals surface area contributed by atoms with Crippen molar-refractivity contribution in [2.24, 2.45) is 0 Å². The molecule has 3 rings (SSSR count). The topological polar surface area (TPSA) is 75.2 Å². The Labute approximate surface area is 142 Å². The Balaban J connectivity index is 1.75. The van der Waals surface area contributed by atoms with Gasteiger partial charge in [-0.05, 0) is 31.9 Å². The number of nitrogens with one attached hydrogen (secondary N) is 1. The van der Waals surface area contributed by atoms with E-state index >= 15 is 0 Å². The van der Waals surface area contributed by atoms with Crippen LogP contribution in [0, 0.1) is 6.92 Å². The van der Waals surface area contributed by atoms with Gasteiger partial charge < -0.3 is 10.2 Å². The minimum atomic E-state index is -2.96. The predicted molar refractivity (Wildman–Crippen MR) is 96.6 cm³/mol. The molecule has 0 atom stereocenters. The van der Waals surface area contributed by atoms with Crippen LogP contribution in [-0.2, 0) is 9.84 Å². The summed E-state index contributed by atoms with van der Waals surface area (Å²) in [6.45, 7) is 3.25. The lowest BCUT2D eigenvalue weighted by atomic mass is 10.1. The van der Waals surface area contributed by atoms with E-state index in [1.165, 1.54) is 6.26 Å². The monoisotopic (exact) mass is 346 g/mol. The fourth-order valence-electron chi connectivity index (χ4n) is 2.96. The summed E-state index contributed by atoms with van der Waals surface area (Å²) >= 11 is 0. The Kier molecular flexibility index (Phi) is 4.71. The van der Waals surface area contributed by atoms with Crippen molar-refractivity contribution >= 4 is 27.2 Å². The summed E-state index contributed by atoms with van der Waals surface area (Å²) in [4.78, 5) is 11.1. The lowest BCUT2D eigenvalue weighted by Gasteiger charge is -2.32. The molecule has 1 fully saturated rings. The average molecular weight is 346 g/mol. The molecular formula is C17H22N4O2S. The highest BCUT2D eigenvalue weighted by molar-refractivity contribution is 7.91. The first kappa shape index (κ1) is 16.7. The van der Waals surface area contributed by atoms with Crippen LogP contribution in [0.1, 0.15) is 18.7 Å². The summed E-state index contributed by atoms with van der Waals surface area (Å²) in [7, 11) is -2.96. The van der Waals surface area contributed by atoms with Crippen LogP contribution in [0.15, 0.2) is 36.4 Å². The minimum absolute atomic E-state index is 0.237. The van der Waals surface area contributed by atoms with Gasteiger partial charge in [0.2, 0.25) is 0 Å². The van der Waals surface area contributed by atoms with Crippen molar-refractivity contribution in [2.75, 3.05) is 29.6 Å². The molecule has 1 aliphatic rings. The highest BCUT2D eigenvalue weighted by atomic mass is 32.2. The molecular weight excluding hydrogens is 324 g/mol. The summed E-state index contributed by atoms with van der Waals surface area (Å²) < 4.78 is 23.4. The third-order valence-electron chi connectivity index (χ3n) is 4.24. The van der Waals surface area contributed by atoms with Gasteiger partial charge in [0.15, 0.2) is 0 Å². The molecule has 6 nitrogen and oxygen atoms in total. The van der Waals surface area contributed by atoms with Gasteiger partial charge in [0, 0.05) is 31.1 Å². The Morgan fingerprint density at radius 3 is 2.42 bits per heavy atom. The first-order valence-electron chi connectivity index (χ1n) is 8.03. The number of anilines is 3. The molecule has 0 radical (unpaired) electrons. The fraction of sp³-hybridized carbons (Fsp3) is 0.412. The maximum atomic E-state index is 11.7. The number of piperidine rings is 1. The van der Waals surface area contributed by atoms with E-state index in [9.17, 15) is 8.42 Å². The molecule has 24 heavy (non-hydrogen) atoms. The standard InChI is InChI=1S/C17H22N4O2S/c1-13-18-16(20-14-6-4-3-5-7-14)12-17(19-13)21-10-8-15(9-11-21)24(2,22)23/h3-7,12,15H,8-11H2,1-2H3,(H,18,19,20). The molecule has 1 N–H and O–H groups in total. The third kappa shape index (κ3) is 4.03. The quantitative estimate of drug-likeness (QED) is 0.917. The molecule has 2 heterocycles. The zero-order chi connectivity index (χ0) is 17.2. The van der Waals surface area contributed by atoms with Gasteiger partial charge in [0.25, 0.3) is 0 Å². The van der Waals surface area contributed by atoms with Crippen LogP contribution in [-0.4, -0.2) is 43.0 Å². The van der Waals surface area contributed by atoms with Gasteiger partial charge in [-0.15, -0.1) is 0 Å². The van der Waals surface area contributed by atoms with Gasteiger partial charge in [-0.25, -0.2) is 18.4 Å². The van der Waals surface area contributed by atoms with E-state index < -0.39 is 9.84 Å². The minimum Gasteiger partial charge on any atom is -0.356 e. The number of aromatic nitrogens is 2. The van der Waals surface area contributed by atoms with Crippen LogP contribution in [0.4, 0.5) is 17.3 Å². The van der Waals surface area contributed by atoms with Crippen LogP contribution in [0.2, 0.25) is 0 Å². The molecule has 1 aromatic heterocycles. The van der Waals surface area contributed by atoms with Gasteiger partial charge in [-0.3, -0.25) is 0 Å². The van der Waals surface area contributed by atoms with E-state index in [0.29, 0.717) is 31.8 Å². The van der Waals surface area contributed by atoms with Crippen molar-refractivity contribution in [1.82, 2.24) is 9.97 Å². The molecule has 128 valence electrons. The molecule has 1 aromatic carbocycles. The van der Waals surface area contributed by atoms with Crippen LogP contribution in [0.3, 0.4) is 0 Å². The molecule has 0 aliphatic carbocycles. The Morgan fingerprint density at radius 1 is 1.12 bits per heavy atom. The number of rotatable bonds is 4. The van der Waals surface area contributed by atoms with E-state index in [1.54, 1.807) is 0 Å². The second-order valence-corrected chi connectivity index (χ2v) is 8.49. The van der Waals surface area contributed by atoms with Gasteiger partial charge >= 0.3 is 0 Å². The smallest absolute Gasteiger partial charge is 0.150 e. The normalized spacial score (nSPS) is 16.2. The van der Waals surface area contributed by atoms with Crippen LogP contribution in [0.5, 0.6) is 0 Å². The van der Waals surface area contributed by atoms with Crippen molar-refractivity contribution in [2.45, 2.75) is 25.0 Å². The summed E-state index contributed by atoms with van der Waals surface area (Å²) in [5, 5.41) is 3.05. The summed E-state index contributed by atoms with van der Waals surface area (Å²) in [5.41, 5.74) is 0.970. The Hall–Kier alpha value is -2.15. The summed E-state index contributed by atoms with van der Waals surface area (Å²) in [6.07, 6.45) is 2.61. The molecule has 0 bridgehead atoms. The largest absolute Gasteiger partial charge is 0.356 e. The van der Waals surface area contributed by atoms with Crippen molar-refractivity contribution < 1.29 is 8.42 Å². The fourth-order valence-corrected chi connectivity index (χ4v) is 4.03. The second kappa shape index (κ2) is 6.76. The molecule has 0 amide bonds. The number of aryl methyl sites for hydroxylation is 1. The van der Waals surface area contributed by atoms with E-state index in [-0.39, 0.29) is 5.25 Å². The number of benzene rings is 1. The van der Waals surface area contributed by atoms with Gasteiger partial charge in [-0.2, -0.15) is 0 Å². The lowest BCUT2D eigenvalue weighted by molar-refractivity contribution is 0.532. The van der Waals surface area contributed by atoms with Crippen molar-refractivity contribution in [1.29, 1.82) is 0 Å². The average Bonchev–Trinajstić information content (AvgIpc) is 2.54. The second-order valence-electron chi connectivity index (χ2n) is 6.17. The molecule has 0 spiro atoms. The van der Waals surface area contributed by atoms with Crippen LogP contribution < -0.4 is 10.2 Å². The molecule has 7 heteroatoms. The molecule has 2 aromatic rings. The zero-order valence-corrected chi connectivity index (χ0v) is 14.8. The maximum Gasteiger partial charge on any atom is 0.150 e. The van der Waals surface area contributed by atoms with Gasteiger partial charge in [0.1, 0.15) is 27.3 Å². The van der Waals surface area contributed by atoms with E-state index in [4.69, 9.17) is 0 Å². The van der Waals surface area contributed by atoms with Crippen LogP contribution >= 0.6 is 0 Å². The summed E-state index contributed by atoms with van der Waals surface area (Å²) in [5.74, 6) is 2.28. The highest BCUT2D eigenvalue weighted by Crippen LogP contribution is 2.24. The van der Waals surface area contributed by atoms with Crippen LogP contribution in [0.25, 0.3) is 0 Å². The first-order valence-corrected chi connectivity index (χ1v) is 9.99. The lowest BCUT2D eigenvalue weighted by Crippen LogP contribution is -2.39. The molecule has 0 saturated carbocycles. The van der Waals surface area contributed by atoms with Crippen molar-refractivity contribution in [3.63, 3.8) is 0 Å². The molecule has 0 unspecified atom stereocenters. The number of nitrogens with zero attached hydrogens (tertiary/aromatic N) is 3. The third-order valence-corrected chi connectivity index (χ3v) is 5.92. The number of hydrogen-bond donors (Lipinski definition) is 1. The SMILES string of the molecule is Cc1nc(Nc2ccccc2)cc(N2CCC(S(C)(=O)=O)CC2)n1. The Bertz CT molecular complexity index is 801. The molecule has 1 aliphatic heterocycles. The Morgan fingerprint density at radius 2 is 1.79 bits per heavy atom. The van der Waals surface area contributed by atoms with E-state index in [2.05, 4.69) is 20.2 Å². The number of hydrogen-bond acceptors (Lipinski definition) is 6. The van der Waals surface area contributed by atoms with E-state index in [0.717, 1.165) is 17.3 Å². The first-order chi connectivity index (χ1) is 11.4. The summed E-state index contributed by atoms with van der Waals surface area (Å²) in [6, 6.07) is 11.8. The number of para-hydroxylation sites is 1. The number of sulfone groups is 1. The van der Waals surface area contributed by atoms with E-state index in [1.807, 2.05) is 43.3 Å². The van der Waals surface area contributed by atoms with Crippen molar-refractivity contribution in [3.05, 3.63) is 42.2 Å². The predicted octanol–water partition coefficient (Wildman–Crippen LogP) is 2.54. The maximum absolute atomic E-state index is 11.7. The highest BCUT2D eigenvalue weighted by Gasteiger charge is 2.27. The molecule has 1 saturated heterocycles. The van der Waals surface area contributed by atoms with Gasteiger partial charge in [0.05, 0.1) is 5.25 Å². The van der Waals surface area contributed by atoms with Crippen molar-refractivity contribution in [3.8, 4) is 0 Å². The zero-order valence-electron chi connectivity index (χ0n) is 13.9.